The van der Waals surface area contributed by atoms with E-state index in [1.807, 2.05) is 0 Å². The third kappa shape index (κ3) is 2.13. The Balaban J connectivity index is 1.95. The summed E-state index contributed by atoms with van der Waals surface area (Å²) in [6.07, 6.45) is 2.45. The molecule has 19 heavy (non-hydrogen) atoms. The van der Waals surface area contributed by atoms with Gasteiger partial charge in [-0.05, 0) is 45.4 Å². The SMILES string of the molecule is CC1(C)C(=O)N(CC2CCC(C(=O)O)CC2)S1(=O)=O. The average Bonchev–Trinajstić information content (AvgIpc) is 2.35. The van der Waals surface area contributed by atoms with Gasteiger partial charge in [0.05, 0.1) is 5.92 Å². The van der Waals surface area contributed by atoms with Gasteiger partial charge in [0.2, 0.25) is 0 Å². The molecule has 1 aliphatic heterocycles. The van der Waals surface area contributed by atoms with Crippen molar-refractivity contribution in [3.63, 3.8) is 0 Å². The third-order valence-electron chi connectivity index (χ3n) is 4.30. The van der Waals surface area contributed by atoms with E-state index in [1.54, 1.807) is 0 Å². The van der Waals surface area contributed by atoms with Crippen LogP contribution in [0.15, 0.2) is 0 Å². The number of nitrogens with zero attached hydrogens (tertiary/aromatic N) is 1. The molecule has 0 unspecified atom stereocenters. The standard InChI is InChI=1S/C12H19NO5S/c1-12(2)11(16)13(19(12,17)18)7-8-3-5-9(6-4-8)10(14)15/h8-9H,3-7H2,1-2H3,(H,14,15). The van der Waals surface area contributed by atoms with Crippen LogP contribution in [0.4, 0.5) is 0 Å². The molecule has 2 rings (SSSR count). The molecule has 108 valence electrons. The first-order valence-electron chi connectivity index (χ1n) is 6.47. The van der Waals surface area contributed by atoms with Gasteiger partial charge < -0.3 is 5.11 Å². The second kappa shape index (κ2) is 4.47. The number of aliphatic carboxylic acids is 1. The van der Waals surface area contributed by atoms with Crippen LogP contribution in [-0.2, 0) is 19.6 Å². The molecule has 6 nitrogen and oxygen atoms in total. The van der Waals surface area contributed by atoms with Crippen LogP contribution in [0, 0.1) is 11.8 Å². The van der Waals surface area contributed by atoms with Crippen molar-refractivity contribution in [3.8, 4) is 0 Å². The van der Waals surface area contributed by atoms with Crippen LogP contribution < -0.4 is 0 Å². The Morgan fingerprint density at radius 1 is 1.32 bits per heavy atom. The molecule has 0 radical (unpaired) electrons. The molecule has 1 heterocycles. The van der Waals surface area contributed by atoms with Crippen LogP contribution >= 0.6 is 0 Å². The molecule has 1 saturated carbocycles. The Morgan fingerprint density at radius 3 is 2.26 bits per heavy atom. The number of hydrogen-bond acceptors (Lipinski definition) is 4. The summed E-state index contributed by atoms with van der Waals surface area (Å²) in [7, 11) is -3.51. The molecule has 1 saturated heterocycles. The Labute approximate surface area is 112 Å². The minimum Gasteiger partial charge on any atom is -0.481 e. The number of carbonyl (C=O) groups excluding carboxylic acids is 1. The lowest BCUT2D eigenvalue weighted by molar-refractivity contribution is -0.143. The van der Waals surface area contributed by atoms with Crippen LogP contribution in [-0.4, -0.2) is 41.0 Å². The van der Waals surface area contributed by atoms with Gasteiger partial charge in [0.1, 0.15) is 0 Å². The van der Waals surface area contributed by atoms with E-state index >= 15 is 0 Å². The Bertz CT molecular complexity index is 502. The number of hydrogen-bond donors (Lipinski definition) is 1. The van der Waals surface area contributed by atoms with Gasteiger partial charge in [-0.25, -0.2) is 12.7 Å². The molecule has 0 aromatic carbocycles. The molecule has 0 atom stereocenters. The van der Waals surface area contributed by atoms with E-state index in [9.17, 15) is 18.0 Å². The maximum absolute atomic E-state index is 11.9. The zero-order chi connectivity index (χ0) is 14.4. The number of carbonyl (C=O) groups is 2. The van der Waals surface area contributed by atoms with Gasteiger partial charge in [-0.15, -0.1) is 0 Å². The Morgan fingerprint density at radius 2 is 1.84 bits per heavy atom. The number of sulfonamides is 1. The summed E-state index contributed by atoms with van der Waals surface area (Å²) >= 11 is 0. The van der Waals surface area contributed by atoms with Gasteiger partial charge in [-0.3, -0.25) is 9.59 Å². The first-order valence-corrected chi connectivity index (χ1v) is 7.91. The predicted molar refractivity (Wildman–Crippen MR) is 67.8 cm³/mol. The maximum atomic E-state index is 11.9. The summed E-state index contributed by atoms with van der Waals surface area (Å²) in [6, 6.07) is 0. The molecule has 1 N–H and O–H groups in total. The van der Waals surface area contributed by atoms with Crippen LogP contribution in [0.1, 0.15) is 39.5 Å². The van der Waals surface area contributed by atoms with E-state index in [1.165, 1.54) is 13.8 Å². The minimum atomic E-state index is -3.51. The first-order chi connectivity index (χ1) is 8.68. The summed E-state index contributed by atoms with van der Waals surface area (Å²) in [4.78, 5) is 22.6. The molecule has 7 heteroatoms. The van der Waals surface area contributed by atoms with E-state index in [2.05, 4.69) is 0 Å². The van der Waals surface area contributed by atoms with E-state index in [0.717, 1.165) is 4.31 Å². The highest BCUT2D eigenvalue weighted by Gasteiger charge is 2.60. The normalized spacial score (nSPS) is 32.7. The monoisotopic (exact) mass is 289 g/mol. The molecular formula is C12H19NO5S. The Kier molecular flexibility index (Phi) is 3.36. The summed E-state index contributed by atoms with van der Waals surface area (Å²) in [6.45, 7) is 3.04. The van der Waals surface area contributed by atoms with Crippen molar-refractivity contribution in [3.05, 3.63) is 0 Å². The summed E-state index contributed by atoms with van der Waals surface area (Å²) < 4.78 is 23.5. The fourth-order valence-corrected chi connectivity index (χ4v) is 4.37. The molecule has 2 aliphatic rings. The second-order valence-electron chi connectivity index (χ2n) is 5.91. The molecule has 0 aromatic heterocycles. The molecule has 1 amide bonds. The second-order valence-corrected chi connectivity index (χ2v) is 8.32. The number of carboxylic acid groups (broad SMARTS) is 1. The van der Waals surface area contributed by atoms with Crippen molar-refractivity contribution in [2.24, 2.45) is 11.8 Å². The highest BCUT2D eigenvalue weighted by atomic mass is 32.2. The molecule has 0 spiro atoms. The Hall–Kier alpha value is -1.11. The fourth-order valence-electron chi connectivity index (χ4n) is 2.76. The lowest BCUT2D eigenvalue weighted by atomic mass is 9.82. The molecule has 2 fully saturated rings. The zero-order valence-corrected chi connectivity index (χ0v) is 11.9. The number of rotatable bonds is 3. The zero-order valence-electron chi connectivity index (χ0n) is 11.1. The van der Waals surface area contributed by atoms with Gasteiger partial charge in [0.15, 0.2) is 4.75 Å². The number of carboxylic acids is 1. The number of amides is 1. The molecule has 1 aliphatic carbocycles. The van der Waals surface area contributed by atoms with Crippen LogP contribution in [0.2, 0.25) is 0 Å². The lowest BCUT2D eigenvalue weighted by Crippen LogP contribution is -2.68. The summed E-state index contributed by atoms with van der Waals surface area (Å²) in [5, 5.41) is 8.90. The predicted octanol–water partition coefficient (Wildman–Crippen LogP) is 0.828. The largest absolute Gasteiger partial charge is 0.481 e. The topological polar surface area (TPSA) is 91.8 Å². The van der Waals surface area contributed by atoms with Crippen LogP contribution in [0.5, 0.6) is 0 Å². The minimum absolute atomic E-state index is 0.0884. The molecular weight excluding hydrogens is 270 g/mol. The third-order valence-corrected chi connectivity index (χ3v) is 6.66. The lowest BCUT2D eigenvalue weighted by Gasteiger charge is -2.45. The van der Waals surface area contributed by atoms with Crippen molar-refractivity contribution in [1.82, 2.24) is 4.31 Å². The van der Waals surface area contributed by atoms with E-state index in [-0.39, 0.29) is 24.3 Å². The molecule has 0 bridgehead atoms. The van der Waals surface area contributed by atoms with Crippen molar-refractivity contribution < 1.29 is 23.1 Å². The first kappa shape index (κ1) is 14.3. The summed E-state index contributed by atoms with van der Waals surface area (Å²) in [5.41, 5.74) is 0. The van der Waals surface area contributed by atoms with Crippen molar-refractivity contribution in [2.75, 3.05) is 6.54 Å². The quantitative estimate of drug-likeness (QED) is 0.830. The van der Waals surface area contributed by atoms with Crippen molar-refractivity contribution in [2.45, 2.75) is 44.3 Å². The van der Waals surface area contributed by atoms with Crippen LogP contribution in [0.25, 0.3) is 0 Å². The van der Waals surface area contributed by atoms with E-state index in [0.29, 0.717) is 25.7 Å². The van der Waals surface area contributed by atoms with Crippen molar-refractivity contribution >= 4 is 21.9 Å². The maximum Gasteiger partial charge on any atom is 0.306 e. The van der Waals surface area contributed by atoms with Gasteiger partial charge in [0.25, 0.3) is 15.9 Å². The van der Waals surface area contributed by atoms with Gasteiger partial charge in [0, 0.05) is 6.54 Å². The fraction of sp³-hybridized carbons (Fsp3) is 0.833. The van der Waals surface area contributed by atoms with Gasteiger partial charge >= 0.3 is 5.97 Å². The van der Waals surface area contributed by atoms with Crippen LogP contribution in [0.3, 0.4) is 0 Å². The van der Waals surface area contributed by atoms with E-state index < -0.39 is 20.7 Å². The van der Waals surface area contributed by atoms with Gasteiger partial charge in [-0.2, -0.15) is 0 Å². The highest BCUT2D eigenvalue weighted by Crippen LogP contribution is 2.38. The van der Waals surface area contributed by atoms with E-state index in [4.69, 9.17) is 5.11 Å². The average molecular weight is 289 g/mol. The summed E-state index contributed by atoms with van der Waals surface area (Å²) in [5.74, 6) is -1.37. The smallest absolute Gasteiger partial charge is 0.306 e. The van der Waals surface area contributed by atoms with Gasteiger partial charge in [-0.1, -0.05) is 0 Å². The van der Waals surface area contributed by atoms with Crippen molar-refractivity contribution in [1.29, 1.82) is 0 Å². The molecule has 0 aromatic rings. The highest BCUT2D eigenvalue weighted by molar-refractivity contribution is 7.94.